The summed E-state index contributed by atoms with van der Waals surface area (Å²) in [4.78, 5) is 28.9. The number of fused-ring (bicyclic) bond motifs is 2. The number of aromatic amines is 1. The molecular formula is C26H23N3O5S. The molecule has 4 aromatic rings. The Morgan fingerprint density at radius 2 is 1.86 bits per heavy atom. The number of rotatable bonds is 6. The molecule has 0 bridgehead atoms. The van der Waals surface area contributed by atoms with Crippen LogP contribution in [0.3, 0.4) is 0 Å². The topological polar surface area (TPSA) is 109 Å². The molecule has 0 radical (unpaired) electrons. The maximum atomic E-state index is 13.4. The Morgan fingerprint density at radius 1 is 1.09 bits per heavy atom. The molecule has 0 fully saturated rings. The van der Waals surface area contributed by atoms with Gasteiger partial charge >= 0.3 is 0 Å². The highest BCUT2D eigenvalue weighted by Crippen LogP contribution is 2.33. The number of benzene rings is 3. The van der Waals surface area contributed by atoms with Crippen molar-refractivity contribution in [3.8, 4) is 5.75 Å². The van der Waals surface area contributed by atoms with Gasteiger partial charge in [0, 0.05) is 35.8 Å². The third-order valence-corrected chi connectivity index (χ3v) is 7.97. The molecule has 0 saturated carbocycles. The summed E-state index contributed by atoms with van der Waals surface area (Å²) in [6.45, 7) is 0.505. The number of H-pyrrole nitrogens is 1. The second kappa shape index (κ2) is 8.92. The molecule has 3 aromatic carbocycles. The number of amides is 1. The van der Waals surface area contributed by atoms with Crippen molar-refractivity contribution in [3.63, 3.8) is 0 Å². The smallest absolute Gasteiger partial charge is 0.264 e. The van der Waals surface area contributed by atoms with E-state index in [0.717, 1.165) is 11.1 Å². The normalized spacial score (nSPS) is 13.0. The summed E-state index contributed by atoms with van der Waals surface area (Å²) in [6.07, 6.45) is 1.97. The predicted molar refractivity (Wildman–Crippen MR) is 133 cm³/mol. The molecule has 0 aliphatic carbocycles. The summed E-state index contributed by atoms with van der Waals surface area (Å²) in [5.74, 6) is 0.0549. The number of para-hydroxylation sites is 2. The Labute approximate surface area is 202 Å². The molecule has 0 saturated heterocycles. The first-order chi connectivity index (χ1) is 16.9. The van der Waals surface area contributed by atoms with Crippen LogP contribution in [0.25, 0.3) is 10.9 Å². The van der Waals surface area contributed by atoms with Crippen molar-refractivity contribution < 1.29 is 17.9 Å². The SMILES string of the molecule is COc1ccccc1CNC(=O)c1c[nH]c2ccc(S(=O)(=O)N3CCc4ccccc43)cc2c1=O. The average Bonchev–Trinajstić information content (AvgIpc) is 3.32. The number of ether oxygens (including phenoxy) is 1. The van der Waals surface area contributed by atoms with Crippen LogP contribution in [-0.2, 0) is 23.0 Å². The van der Waals surface area contributed by atoms with Gasteiger partial charge in [-0.2, -0.15) is 0 Å². The molecule has 1 aliphatic rings. The summed E-state index contributed by atoms with van der Waals surface area (Å²) in [6, 6.07) is 19.0. The quantitative estimate of drug-likeness (QED) is 0.432. The van der Waals surface area contributed by atoms with Gasteiger partial charge in [0.15, 0.2) is 0 Å². The van der Waals surface area contributed by atoms with Crippen LogP contribution in [0, 0.1) is 0 Å². The number of carbonyl (C=O) groups excluding carboxylic acids is 1. The molecule has 0 spiro atoms. The molecule has 5 rings (SSSR count). The Bertz CT molecular complexity index is 1610. The van der Waals surface area contributed by atoms with E-state index in [9.17, 15) is 18.0 Å². The van der Waals surface area contributed by atoms with Crippen molar-refractivity contribution in [2.45, 2.75) is 17.9 Å². The number of aromatic nitrogens is 1. The standard InChI is InChI=1S/C26H23N3O5S/c1-34-24-9-5-3-7-18(24)15-28-26(31)21-16-27-22-11-10-19(14-20(22)25(21)30)35(32,33)29-13-12-17-6-2-4-8-23(17)29/h2-11,14,16H,12-13,15H2,1H3,(H,27,30)(H,28,31). The summed E-state index contributed by atoms with van der Waals surface area (Å²) < 4.78 is 33.5. The third-order valence-electron chi connectivity index (χ3n) is 6.16. The fourth-order valence-corrected chi connectivity index (χ4v) is 5.86. The molecule has 1 aliphatic heterocycles. The number of sulfonamides is 1. The van der Waals surface area contributed by atoms with Crippen LogP contribution in [0.4, 0.5) is 5.69 Å². The minimum absolute atomic E-state index is 0.00113. The van der Waals surface area contributed by atoms with E-state index >= 15 is 0 Å². The van der Waals surface area contributed by atoms with Crippen molar-refractivity contribution >= 4 is 32.5 Å². The lowest BCUT2D eigenvalue weighted by molar-refractivity contribution is 0.0949. The first-order valence-electron chi connectivity index (χ1n) is 11.1. The summed E-state index contributed by atoms with van der Waals surface area (Å²) >= 11 is 0. The molecule has 1 amide bonds. The fraction of sp³-hybridized carbons (Fsp3) is 0.154. The van der Waals surface area contributed by atoms with Crippen LogP contribution in [0.2, 0.25) is 0 Å². The number of hydrogen-bond acceptors (Lipinski definition) is 5. The highest BCUT2D eigenvalue weighted by Gasteiger charge is 2.31. The van der Waals surface area contributed by atoms with E-state index in [1.807, 2.05) is 30.3 Å². The number of nitrogens with zero attached hydrogens (tertiary/aromatic N) is 1. The zero-order valence-corrected chi connectivity index (χ0v) is 19.8. The first kappa shape index (κ1) is 22.7. The van der Waals surface area contributed by atoms with Gasteiger partial charge in [0.2, 0.25) is 5.43 Å². The molecule has 35 heavy (non-hydrogen) atoms. The second-order valence-corrected chi connectivity index (χ2v) is 10.1. The number of methoxy groups -OCH3 is 1. The summed E-state index contributed by atoms with van der Waals surface area (Å²) in [5, 5.41) is 2.86. The lowest BCUT2D eigenvalue weighted by atomic mass is 10.1. The van der Waals surface area contributed by atoms with Gasteiger partial charge < -0.3 is 15.0 Å². The Hall–Kier alpha value is -4.11. The van der Waals surface area contributed by atoms with Crippen LogP contribution in [0.5, 0.6) is 5.75 Å². The van der Waals surface area contributed by atoms with Crippen molar-refractivity contribution in [1.82, 2.24) is 10.3 Å². The monoisotopic (exact) mass is 489 g/mol. The van der Waals surface area contributed by atoms with Gasteiger partial charge in [0.1, 0.15) is 11.3 Å². The van der Waals surface area contributed by atoms with E-state index in [1.54, 1.807) is 31.4 Å². The fourth-order valence-electron chi connectivity index (χ4n) is 4.33. The molecule has 1 aromatic heterocycles. The third kappa shape index (κ3) is 4.04. The van der Waals surface area contributed by atoms with E-state index < -0.39 is 21.4 Å². The van der Waals surface area contributed by atoms with Crippen molar-refractivity contribution in [1.29, 1.82) is 0 Å². The number of carbonyl (C=O) groups is 1. The van der Waals surface area contributed by atoms with Gasteiger partial charge in [0.25, 0.3) is 15.9 Å². The average molecular weight is 490 g/mol. The van der Waals surface area contributed by atoms with Crippen LogP contribution in [-0.4, -0.2) is 33.0 Å². The Morgan fingerprint density at radius 3 is 2.69 bits per heavy atom. The van der Waals surface area contributed by atoms with Gasteiger partial charge in [-0.3, -0.25) is 13.9 Å². The van der Waals surface area contributed by atoms with E-state index in [2.05, 4.69) is 10.3 Å². The highest BCUT2D eigenvalue weighted by molar-refractivity contribution is 7.92. The van der Waals surface area contributed by atoms with E-state index in [4.69, 9.17) is 4.74 Å². The van der Waals surface area contributed by atoms with Crippen LogP contribution < -0.4 is 19.8 Å². The first-order valence-corrected chi connectivity index (χ1v) is 12.5. The van der Waals surface area contributed by atoms with Gasteiger partial charge in [-0.15, -0.1) is 0 Å². The van der Waals surface area contributed by atoms with Crippen molar-refractivity contribution in [3.05, 3.63) is 99.8 Å². The number of pyridine rings is 1. The number of nitrogens with one attached hydrogen (secondary N) is 2. The molecular weight excluding hydrogens is 466 g/mol. The minimum Gasteiger partial charge on any atom is -0.496 e. The molecule has 9 heteroatoms. The zero-order chi connectivity index (χ0) is 24.6. The molecule has 178 valence electrons. The second-order valence-electron chi connectivity index (χ2n) is 8.19. The Balaban J connectivity index is 1.46. The number of hydrogen-bond donors (Lipinski definition) is 2. The van der Waals surface area contributed by atoms with Gasteiger partial charge in [0.05, 0.1) is 17.7 Å². The van der Waals surface area contributed by atoms with Gasteiger partial charge in [-0.05, 0) is 42.3 Å². The summed E-state index contributed by atoms with van der Waals surface area (Å²) in [5.41, 5.74) is 2.16. The molecule has 0 unspecified atom stereocenters. The van der Waals surface area contributed by atoms with E-state index in [0.29, 0.717) is 29.9 Å². The van der Waals surface area contributed by atoms with Crippen LogP contribution >= 0.6 is 0 Å². The maximum absolute atomic E-state index is 13.4. The highest BCUT2D eigenvalue weighted by atomic mass is 32.2. The largest absolute Gasteiger partial charge is 0.496 e. The predicted octanol–water partition coefficient (Wildman–Crippen LogP) is 3.22. The van der Waals surface area contributed by atoms with Gasteiger partial charge in [-0.1, -0.05) is 36.4 Å². The van der Waals surface area contributed by atoms with E-state index in [-0.39, 0.29) is 22.4 Å². The zero-order valence-electron chi connectivity index (χ0n) is 18.9. The summed E-state index contributed by atoms with van der Waals surface area (Å²) in [7, 11) is -2.34. The maximum Gasteiger partial charge on any atom is 0.264 e. The molecule has 0 atom stereocenters. The van der Waals surface area contributed by atoms with Crippen molar-refractivity contribution in [2.75, 3.05) is 18.0 Å². The lowest BCUT2D eigenvalue weighted by Crippen LogP contribution is -2.30. The van der Waals surface area contributed by atoms with Gasteiger partial charge in [-0.25, -0.2) is 8.42 Å². The van der Waals surface area contributed by atoms with Crippen molar-refractivity contribution in [2.24, 2.45) is 0 Å². The van der Waals surface area contributed by atoms with E-state index in [1.165, 1.54) is 22.6 Å². The molecule has 2 heterocycles. The van der Waals surface area contributed by atoms with Crippen LogP contribution in [0.15, 0.2) is 82.6 Å². The minimum atomic E-state index is -3.88. The number of anilines is 1. The lowest BCUT2D eigenvalue weighted by Gasteiger charge is -2.19. The molecule has 8 nitrogen and oxygen atoms in total. The van der Waals surface area contributed by atoms with Crippen LogP contribution in [0.1, 0.15) is 21.5 Å². The Kier molecular flexibility index (Phi) is 5.78. The molecule has 2 N–H and O–H groups in total.